The number of ether oxygens (including phenoxy) is 1. The van der Waals surface area contributed by atoms with E-state index >= 15 is 0 Å². The minimum atomic E-state index is -0.0518. The molecular weight excluding hydrogens is 230 g/mol. The van der Waals surface area contributed by atoms with E-state index in [1.807, 2.05) is 11.8 Å². The Bertz CT molecular complexity index is 259. The molecule has 0 bridgehead atoms. The lowest BCUT2D eigenvalue weighted by molar-refractivity contribution is -0.134. The highest BCUT2D eigenvalue weighted by Gasteiger charge is 2.28. The summed E-state index contributed by atoms with van der Waals surface area (Å²) in [5.41, 5.74) is 5.69. The summed E-state index contributed by atoms with van der Waals surface area (Å²) in [7, 11) is 1.73. The van der Waals surface area contributed by atoms with Gasteiger partial charge < -0.3 is 15.4 Å². The first kappa shape index (κ1) is 15.4. The Morgan fingerprint density at radius 2 is 2.22 bits per heavy atom. The van der Waals surface area contributed by atoms with Crippen LogP contribution in [-0.4, -0.2) is 67.7 Å². The van der Waals surface area contributed by atoms with Gasteiger partial charge in [0.05, 0.1) is 6.61 Å². The van der Waals surface area contributed by atoms with Crippen molar-refractivity contribution < 1.29 is 9.53 Å². The highest BCUT2D eigenvalue weighted by molar-refractivity contribution is 5.76. The summed E-state index contributed by atoms with van der Waals surface area (Å²) in [6.07, 6.45) is 1.51. The molecule has 0 aliphatic carbocycles. The van der Waals surface area contributed by atoms with Crippen molar-refractivity contribution in [1.82, 2.24) is 9.80 Å². The SMILES string of the molecule is CCC1CN(C(=O)CC(C)N)CCN1CCOC. The van der Waals surface area contributed by atoms with Gasteiger partial charge in [-0.1, -0.05) is 6.92 Å². The molecule has 2 unspecified atom stereocenters. The Morgan fingerprint density at radius 1 is 1.50 bits per heavy atom. The van der Waals surface area contributed by atoms with Gasteiger partial charge in [-0.25, -0.2) is 0 Å². The summed E-state index contributed by atoms with van der Waals surface area (Å²) in [6, 6.07) is 0.398. The van der Waals surface area contributed by atoms with Crippen LogP contribution in [0.3, 0.4) is 0 Å². The number of carbonyl (C=O) groups is 1. The first-order valence-corrected chi connectivity index (χ1v) is 6.84. The van der Waals surface area contributed by atoms with Gasteiger partial charge in [0.15, 0.2) is 0 Å². The minimum Gasteiger partial charge on any atom is -0.383 e. The second-order valence-electron chi connectivity index (χ2n) is 5.11. The number of carbonyl (C=O) groups excluding carboxylic acids is 1. The molecular formula is C13H27N3O2. The smallest absolute Gasteiger partial charge is 0.224 e. The highest BCUT2D eigenvalue weighted by Crippen LogP contribution is 2.13. The number of piperazine rings is 1. The first-order chi connectivity index (χ1) is 8.58. The van der Waals surface area contributed by atoms with Crippen molar-refractivity contribution in [2.75, 3.05) is 39.9 Å². The fourth-order valence-corrected chi connectivity index (χ4v) is 2.41. The number of hydrogen-bond donors (Lipinski definition) is 1. The molecule has 1 amide bonds. The molecule has 0 radical (unpaired) electrons. The van der Waals surface area contributed by atoms with Gasteiger partial charge in [-0.05, 0) is 13.3 Å². The van der Waals surface area contributed by atoms with Gasteiger partial charge >= 0.3 is 0 Å². The van der Waals surface area contributed by atoms with Crippen LogP contribution in [0.5, 0.6) is 0 Å². The van der Waals surface area contributed by atoms with Gasteiger partial charge in [0.2, 0.25) is 5.91 Å². The Morgan fingerprint density at radius 3 is 2.78 bits per heavy atom. The predicted octanol–water partition coefficient (Wildman–Crippen LogP) is 0.293. The maximum absolute atomic E-state index is 12.0. The largest absolute Gasteiger partial charge is 0.383 e. The van der Waals surface area contributed by atoms with Gasteiger partial charge in [0, 0.05) is 51.8 Å². The average Bonchev–Trinajstić information content (AvgIpc) is 2.35. The molecule has 0 aromatic heterocycles. The summed E-state index contributed by atoms with van der Waals surface area (Å²) >= 11 is 0. The Hall–Kier alpha value is -0.650. The molecule has 1 aliphatic heterocycles. The maximum Gasteiger partial charge on any atom is 0.224 e. The van der Waals surface area contributed by atoms with Crippen LogP contribution in [0.4, 0.5) is 0 Å². The molecule has 18 heavy (non-hydrogen) atoms. The molecule has 5 nitrogen and oxygen atoms in total. The van der Waals surface area contributed by atoms with E-state index in [0.29, 0.717) is 12.5 Å². The fourth-order valence-electron chi connectivity index (χ4n) is 2.41. The van der Waals surface area contributed by atoms with E-state index in [2.05, 4.69) is 11.8 Å². The summed E-state index contributed by atoms with van der Waals surface area (Å²) < 4.78 is 5.13. The van der Waals surface area contributed by atoms with Gasteiger partial charge in [0.25, 0.3) is 0 Å². The van der Waals surface area contributed by atoms with Crippen LogP contribution in [0.15, 0.2) is 0 Å². The lowest BCUT2D eigenvalue weighted by Crippen LogP contribution is -2.55. The molecule has 1 heterocycles. The van der Waals surface area contributed by atoms with Crippen LogP contribution in [0.2, 0.25) is 0 Å². The first-order valence-electron chi connectivity index (χ1n) is 6.84. The molecule has 106 valence electrons. The van der Waals surface area contributed by atoms with Crippen LogP contribution in [0.25, 0.3) is 0 Å². The van der Waals surface area contributed by atoms with Crippen molar-refractivity contribution in [2.45, 2.75) is 38.8 Å². The molecule has 0 aromatic carbocycles. The van der Waals surface area contributed by atoms with Crippen molar-refractivity contribution in [3.8, 4) is 0 Å². The van der Waals surface area contributed by atoms with Crippen molar-refractivity contribution in [3.05, 3.63) is 0 Å². The quantitative estimate of drug-likeness (QED) is 0.743. The molecule has 2 atom stereocenters. The molecule has 0 saturated carbocycles. The lowest BCUT2D eigenvalue weighted by atomic mass is 10.1. The molecule has 2 N–H and O–H groups in total. The second kappa shape index (κ2) is 7.71. The molecule has 1 saturated heterocycles. The summed E-state index contributed by atoms with van der Waals surface area (Å²) in [5.74, 6) is 0.190. The second-order valence-corrected chi connectivity index (χ2v) is 5.11. The summed E-state index contributed by atoms with van der Waals surface area (Å²) in [6.45, 7) is 8.33. The average molecular weight is 257 g/mol. The van der Waals surface area contributed by atoms with Crippen molar-refractivity contribution in [2.24, 2.45) is 5.73 Å². The predicted molar refractivity (Wildman–Crippen MR) is 72.4 cm³/mol. The normalized spacial score (nSPS) is 23.1. The molecule has 1 aliphatic rings. The highest BCUT2D eigenvalue weighted by atomic mass is 16.5. The van der Waals surface area contributed by atoms with Crippen LogP contribution >= 0.6 is 0 Å². The van der Waals surface area contributed by atoms with Gasteiger partial charge in [-0.2, -0.15) is 0 Å². The number of methoxy groups -OCH3 is 1. The summed E-state index contributed by atoms with van der Waals surface area (Å²) in [5, 5.41) is 0. The monoisotopic (exact) mass is 257 g/mol. The number of amides is 1. The van der Waals surface area contributed by atoms with Crippen LogP contribution in [0.1, 0.15) is 26.7 Å². The Balaban J connectivity index is 2.47. The van der Waals surface area contributed by atoms with E-state index < -0.39 is 0 Å². The standard InChI is InChI=1S/C13H27N3O2/c1-4-12-10-16(13(17)9-11(2)14)6-5-15(12)7-8-18-3/h11-12H,4-10,14H2,1-3H3. The zero-order chi connectivity index (χ0) is 13.5. The Kier molecular flexibility index (Phi) is 6.60. The number of rotatable bonds is 6. The third-order valence-corrected chi connectivity index (χ3v) is 3.51. The fraction of sp³-hybridized carbons (Fsp3) is 0.923. The topological polar surface area (TPSA) is 58.8 Å². The zero-order valence-electron chi connectivity index (χ0n) is 11.9. The van der Waals surface area contributed by atoms with Crippen LogP contribution in [0, 0.1) is 0 Å². The van der Waals surface area contributed by atoms with Crippen molar-refractivity contribution in [1.29, 1.82) is 0 Å². The van der Waals surface area contributed by atoms with Gasteiger partial charge in [-0.15, -0.1) is 0 Å². The van der Waals surface area contributed by atoms with Crippen LogP contribution in [-0.2, 0) is 9.53 Å². The third-order valence-electron chi connectivity index (χ3n) is 3.51. The minimum absolute atomic E-state index is 0.0518. The van der Waals surface area contributed by atoms with Gasteiger partial charge in [-0.3, -0.25) is 9.69 Å². The van der Waals surface area contributed by atoms with E-state index in [0.717, 1.165) is 39.2 Å². The number of nitrogens with two attached hydrogens (primary N) is 1. The van der Waals surface area contributed by atoms with E-state index in [4.69, 9.17) is 10.5 Å². The Labute approximate surface area is 110 Å². The van der Waals surface area contributed by atoms with Gasteiger partial charge in [0.1, 0.15) is 0 Å². The molecule has 1 fully saturated rings. The molecule has 1 rings (SSSR count). The summed E-state index contributed by atoms with van der Waals surface area (Å²) in [4.78, 5) is 16.4. The maximum atomic E-state index is 12.0. The van der Waals surface area contributed by atoms with E-state index in [-0.39, 0.29) is 11.9 Å². The van der Waals surface area contributed by atoms with Crippen molar-refractivity contribution >= 4 is 5.91 Å². The van der Waals surface area contributed by atoms with Crippen LogP contribution < -0.4 is 5.73 Å². The molecule has 0 aromatic rings. The zero-order valence-corrected chi connectivity index (χ0v) is 11.9. The van der Waals surface area contributed by atoms with E-state index in [9.17, 15) is 4.79 Å². The molecule has 5 heteroatoms. The number of hydrogen-bond acceptors (Lipinski definition) is 4. The third kappa shape index (κ3) is 4.55. The lowest BCUT2D eigenvalue weighted by Gasteiger charge is -2.41. The van der Waals surface area contributed by atoms with E-state index in [1.54, 1.807) is 7.11 Å². The van der Waals surface area contributed by atoms with E-state index in [1.165, 1.54) is 0 Å². The number of nitrogens with zero attached hydrogens (tertiary/aromatic N) is 2. The molecule has 0 spiro atoms. The van der Waals surface area contributed by atoms with Crippen molar-refractivity contribution in [3.63, 3.8) is 0 Å².